The Bertz CT molecular complexity index is 149. The van der Waals surface area contributed by atoms with Crippen molar-refractivity contribution in [2.45, 2.75) is 58.1 Å². The Morgan fingerprint density at radius 2 is 2.07 bits per heavy atom. The van der Waals surface area contributed by atoms with E-state index in [1.807, 2.05) is 0 Å². The Morgan fingerprint density at radius 3 is 2.71 bits per heavy atom. The van der Waals surface area contributed by atoms with Gasteiger partial charge in [-0.05, 0) is 25.8 Å². The summed E-state index contributed by atoms with van der Waals surface area (Å²) < 4.78 is 5.98. The van der Waals surface area contributed by atoms with Gasteiger partial charge in [0.1, 0.15) is 0 Å². The molecule has 3 atom stereocenters. The van der Waals surface area contributed by atoms with E-state index in [1.165, 1.54) is 32.1 Å². The van der Waals surface area contributed by atoms with Crippen molar-refractivity contribution >= 4 is 0 Å². The molecular weight excluding hydrogens is 174 g/mol. The molecule has 0 saturated heterocycles. The van der Waals surface area contributed by atoms with Gasteiger partial charge in [-0.15, -0.1) is 0 Å². The minimum atomic E-state index is 0.461. The number of ether oxygens (including phenoxy) is 1. The van der Waals surface area contributed by atoms with Crippen molar-refractivity contribution in [3.05, 3.63) is 0 Å². The highest BCUT2D eigenvalue weighted by atomic mass is 16.5. The SMILES string of the molecule is CCC(C)COC1CCCCC1NC. The van der Waals surface area contributed by atoms with Crippen LogP contribution in [-0.2, 0) is 4.74 Å². The maximum atomic E-state index is 5.98. The molecule has 3 unspecified atom stereocenters. The van der Waals surface area contributed by atoms with Gasteiger partial charge in [0.2, 0.25) is 0 Å². The molecule has 1 saturated carbocycles. The van der Waals surface area contributed by atoms with Gasteiger partial charge in [0.15, 0.2) is 0 Å². The van der Waals surface area contributed by atoms with Crippen LogP contribution in [0, 0.1) is 5.92 Å². The second-order valence-electron chi connectivity index (χ2n) is 4.56. The average molecular weight is 199 g/mol. The predicted octanol–water partition coefficient (Wildman–Crippen LogP) is 2.58. The quantitative estimate of drug-likeness (QED) is 0.735. The molecule has 0 amide bonds. The van der Waals surface area contributed by atoms with Crippen molar-refractivity contribution in [3.8, 4) is 0 Å². The molecule has 1 aliphatic rings. The zero-order valence-corrected chi connectivity index (χ0v) is 9.88. The lowest BCUT2D eigenvalue weighted by molar-refractivity contribution is -0.00862. The van der Waals surface area contributed by atoms with Crippen LogP contribution in [0.1, 0.15) is 46.0 Å². The standard InChI is InChI=1S/C12H25NO/c1-4-10(2)9-14-12-8-6-5-7-11(12)13-3/h10-13H,4-9H2,1-3H3. The zero-order chi connectivity index (χ0) is 10.4. The second-order valence-corrected chi connectivity index (χ2v) is 4.56. The molecule has 1 aliphatic carbocycles. The van der Waals surface area contributed by atoms with E-state index in [4.69, 9.17) is 4.74 Å². The smallest absolute Gasteiger partial charge is 0.0728 e. The van der Waals surface area contributed by atoms with Crippen LogP contribution in [0.5, 0.6) is 0 Å². The Morgan fingerprint density at radius 1 is 1.36 bits per heavy atom. The third-order valence-corrected chi connectivity index (χ3v) is 3.37. The van der Waals surface area contributed by atoms with Crippen molar-refractivity contribution in [1.82, 2.24) is 5.32 Å². The number of hydrogen-bond donors (Lipinski definition) is 1. The van der Waals surface area contributed by atoms with Crippen molar-refractivity contribution in [3.63, 3.8) is 0 Å². The maximum absolute atomic E-state index is 5.98. The number of rotatable bonds is 5. The van der Waals surface area contributed by atoms with Crippen molar-refractivity contribution < 1.29 is 4.74 Å². The fraction of sp³-hybridized carbons (Fsp3) is 1.00. The first-order chi connectivity index (χ1) is 6.77. The minimum absolute atomic E-state index is 0.461. The van der Waals surface area contributed by atoms with Crippen LogP contribution >= 0.6 is 0 Å². The van der Waals surface area contributed by atoms with Crippen molar-refractivity contribution in [1.29, 1.82) is 0 Å². The maximum Gasteiger partial charge on any atom is 0.0728 e. The summed E-state index contributed by atoms with van der Waals surface area (Å²) in [6.07, 6.45) is 6.89. The molecule has 0 bridgehead atoms. The van der Waals surface area contributed by atoms with Crippen LogP contribution in [0.3, 0.4) is 0 Å². The predicted molar refractivity (Wildman–Crippen MR) is 60.5 cm³/mol. The first-order valence-electron chi connectivity index (χ1n) is 6.06. The average Bonchev–Trinajstić information content (AvgIpc) is 2.26. The van der Waals surface area contributed by atoms with Gasteiger partial charge in [-0.3, -0.25) is 0 Å². The van der Waals surface area contributed by atoms with Crippen LogP contribution in [0.2, 0.25) is 0 Å². The van der Waals surface area contributed by atoms with Gasteiger partial charge in [0.25, 0.3) is 0 Å². The lowest BCUT2D eigenvalue weighted by Gasteiger charge is -2.31. The third kappa shape index (κ3) is 3.58. The molecule has 84 valence electrons. The molecule has 1 rings (SSSR count). The Balaban J connectivity index is 2.26. The molecule has 14 heavy (non-hydrogen) atoms. The van der Waals surface area contributed by atoms with Crippen LogP contribution in [0.4, 0.5) is 0 Å². The van der Waals surface area contributed by atoms with Crippen LogP contribution in [0.15, 0.2) is 0 Å². The second kappa shape index (κ2) is 6.41. The summed E-state index contributed by atoms with van der Waals surface area (Å²) >= 11 is 0. The molecular formula is C12H25NO. The van der Waals surface area contributed by atoms with E-state index < -0.39 is 0 Å². The van der Waals surface area contributed by atoms with E-state index in [1.54, 1.807) is 0 Å². The molecule has 0 spiro atoms. The fourth-order valence-corrected chi connectivity index (χ4v) is 2.03. The highest BCUT2D eigenvalue weighted by molar-refractivity contribution is 4.80. The summed E-state index contributed by atoms with van der Waals surface area (Å²) in [6.45, 7) is 5.42. The van der Waals surface area contributed by atoms with Crippen LogP contribution in [-0.4, -0.2) is 25.8 Å². The van der Waals surface area contributed by atoms with Gasteiger partial charge in [0.05, 0.1) is 6.10 Å². The van der Waals surface area contributed by atoms with Gasteiger partial charge in [-0.2, -0.15) is 0 Å². The lowest BCUT2D eigenvalue weighted by Crippen LogP contribution is -2.42. The van der Waals surface area contributed by atoms with Gasteiger partial charge in [-0.25, -0.2) is 0 Å². The summed E-state index contributed by atoms with van der Waals surface area (Å²) in [5.41, 5.74) is 0. The summed E-state index contributed by atoms with van der Waals surface area (Å²) in [4.78, 5) is 0. The number of likely N-dealkylation sites (N-methyl/N-ethyl adjacent to an activating group) is 1. The molecule has 0 heterocycles. The van der Waals surface area contributed by atoms with Crippen LogP contribution < -0.4 is 5.32 Å². The van der Waals surface area contributed by atoms with E-state index in [9.17, 15) is 0 Å². The highest BCUT2D eigenvalue weighted by Crippen LogP contribution is 2.21. The Labute approximate surface area is 88.4 Å². The molecule has 2 heteroatoms. The number of nitrogens with one attached hydrogen (secondary N) is 1. The first kappa shape index (κ1) is 12.0. The zero-order valence-electron chi connectivity index (χ0n) is 9.88. The van der Waals surface area contributed by atoms with Gasteiger partial charge < -0.3 is 10.1 Å². The van der Waals surface area contributed by atoms with Gasteiger partial charge >= 0.3 is 0 Å². The normalized spacial score (nSPS) is 30.2. The molecule has 0 aliphatic heterocycles. The summed E-state index contributed by atoms with van der Waals surface area (Å²) in [5, 5.41) is 3.37. The largest absolute Gasteiger partial charge is 0.376 e. The molecule has 2 nitrogen and oxygen atoms in total. The van der Waals surface area contributed by atoms with E-state index in [2.05, 4.69) is 26.2 Å². The molecule has 0 aromatic rings. The molecule has 1 fully saturated rings. The summed E-state index contributed by atoms with van der Waals surface area (Å²) in [6, 6.07) is 0.591. The van der Waals surface area contributed by atoms with E-state index in [0.717, 1.165) is 6.61 Å². The van der Waals surface area contributed by atoms with E-state index >= 15 is 0 Å². The fourth-order valence-electron chi connectivity index (χ4n) is 2.03. The van der Waals surface area contributed by atoms with Gasteiger partial charge in [-0.1, -0.05) is 33.1 Å². The number of hydrogen-bond acceptors (Lipinski definition) is 2. The molecule has 0 aromatic carbocycles. The third-order valence-electron chi connectivity index (χ3n) is 3.37. The first-order valence-corrected chi connectivity index (χ1v) is 6.06. The molecule has 1 N–H and O–H groups in total. The Hall–Kier alpha value is -0.0800. The molecule has 0 aromatic heterocycles. The van der Waals surface area contributed by atoms with Crippen LogP contribution in [0.25, 0.3) is 0 Å². The van der Waals surface area contributed by atoms with E-state index in [-0.39, 0.29) is 0 Å². The Kier molecular flexibility index (Phi) is 5.49. The lowest BCUT2D eigenvalue weighted by atomic mass is 9.92. The summed E-state index contributed by atoms with van der Waals surface area (Å²) in [7, 11) is 2.05. The summed E-state index contributed by atoms with van der Waals surface area (Å²) in [5.74, 6) is 0.703. The van der Waals surface area contributed by atoms with Gasteiger partial charge in [0, 0.05) is 12.6 Å². The highest BCUT2D eigenvalue weighted by Gasteiger charge is 2.24. The minimum Gasteiger partial charge on any atom is -0.376 e. The monoisotopic (exact) mass is 199 g/mol. The van der Waals surface area contributed by atoms with Crippen molar-refractivity contribution in [2.24, 2.45) is 5.92 Å². The topological polar surface area (TPSA) is 21.3 Å². The van der Waals surface area contributed by atoms with Crippen molar-refractivity contribution in [2.75, 3.05) is 13.7 Å². The molecule has 0 radical (unpaired) electrons. The van der Waals surface area contributed by atoms with E-state index in [0.29, 0.717) is 18.1 Å².